The van der Waals surface area contributed by atoms with Crippen molar-refractivity contribution in [2.24, 2.45) is 0 Å². The molecule has 2 atom stereocenters. The van der Waals surface area contributed by atoms with Crippen molar-refractivity contribution in [1.82, 2.24) is 15.0 Å². The fourth-order valence-corrected chi connectivity index (χ4v) is 3.86. The highest BCUT2D eigenvalue weighted by Gasteiger charge is 2.22. The summed E-state index contributed by atoms with van der Waals surface area (Å²) in [6.07, 6.45) is 6.77. The lowest BCUT2D eigenvalue weighted by Gasteiger charge is -2.25. The molecule has 0 spiro atoms. The lowest BCUT2D eigenvalue weighted by molar-refractivity contribution is 0.331. The highest BCUT2D eigenvalue weighted by atomic mass is 32.1. The van der Waals surface area contributed by atoms with Gasteiger partial charge < -0.3 is 0 Å². The van der Waals surface area contributed by atoms with E-state index in [0.717, 1.165) is 17.7 Å². The Morgan fingerprint density at radius 3 is 2.33 bits per heavy atom. The minimum absolute atomic E-state index is 0.436. The summed E-state index contributed by atoms with van der Waals surface area (Å²) in [6.45, 7) is 0. The van der Waals surface area contributed by atoms with Crippen molar-refractivity contribution in [3.8, 4) is 22.4 Å². The molecule has 0 bridgehead atoms. The van der Waals surface area contributed by atoms with Crippen LogP contribution < -0.4 is 0 Å². The Morgan fingerprint density at radius 1 is 0.875 bits per heavy atom. The summed E-state index contributed by atoms with van der Waals surface area (Å²) in [5, 5.41) is 9.23. The predicted molar refractivity (Wildman–Crippen MR) is 101 cm³/mol. The molecule has 1 fully saturated rings. The van der Waals surface area contributed by atoms with Crippen LogP contribution in [0.5, 0.6) is 0 Å². The molecule has 0 saturated heterocycles. The fraction of sp³-hybridized carbons (Fsp3) is 0.300. The number of nitrogens with zero attached hydrogens (tertiary/aromatic N) is 3. The molecule has 1 heterocycles. The molecule has 0 radical (unpaired) electrons. The van der Waals surface area contributed by atoms with E-state index in [0.29, 0.717) is 11.3 Å². The van der Waals surface area contributed by atoms with Gasteiger partial charge in [-0.2, -0.15) is 12.6 Å². The molecule has 4 heteroatoms. The molecule has 0 unspecified atom stereocenters. The number of aromatic nitrogens is 3. The molecule has 3 nitrogen and oxygen atoms in total. The summed E-state index contributed by atoms with van der Waals surface area (Å²) in [7, 11) is 0. The van der Waals surface area contributed by atoms with Crippen LogP contribution in [0.3, 0.4) is 0 Å². The summed E-state index contributed by atoms with van der Waals surface area (Å²) in [4.78, 5) is 0. The van der Waals surface area contributed by atoms with Crippen LogP contribution in [0.2, 0.25) is 0 Å². The highest BCUT2D eigenvalue weighted by Crippen LogP contribution is 2.31. The van der Waals surface area contributed by atoms with Gasteiger partial charge in [-0.05, 0) is 30.4 Å². The van der Waals surface area contributed by atoms with Crippen LogP contribution in [-0.2, 0) is 0 Å². The van der Waals surface area contributed by atoms with Crippen molar-refractivity contribution in [2.75, 3.05) is 0 Å². The van der Waals surface area contributed by atoms with Gasteiger partial charge in [0, 0.05) is 10.8 Å². The Balaban J connectivity index is 1.54. The van der Waals surface area contributed by atoms with Gasteiger partial charge in [0.2, 0.25) is 0 Å². The molecule has 3 aromatic rings. The van der Waals surface area contributed by atoms with Crippen molar-refractivity contribution >= 4 is 12.6 Å². The van der Waals surface area contributed by atoms with E-state index in [4.69, 9.17) is 0 Å². The molecule has 0 amide bonds. The number of hydrogen-bond acceptors (Lipinski definition) is 3. The number of benzene rings is 2. The second-order valence-electron chi connectivity index (χ2n) is 6.50. The average molecular weight is 335 g/mol. The minimum atomic E-state index is 0.436. The standard InChI is InChI=1S/C20H21N3S/c24-19-8-4-7-18(13-19)23-14-20(21-22-23)17-11-9-16(10-12-17)15-5-2-1-3-6-15/h1-3,5-6,9-12,14,18-19,24H,4,7-8,13H2/t18-,19+/m0/s1. The topological polar surface area (TPSA) is 30.7 Å². The van der Waals surface area contributed by atoms with Gasteiger partial charge in [0.25, 0.3) is 0 Å². The van der Waals surface area contributed by atoms with E-state index in [9.17, 15) is 0 Å². The van der Waals surface area contributed by atoms with Gasteiger partial charge in [0.15, 0.2) is 0 Å². The molecular weight excluding hydrogens is 314 g/mol. The Hall–Kier alpha value is -2.07. The van der Waals surface area contributed by atoms with Gasteiger partial charge in [-0.1, -0.05) is 66.2 Å². The third-order valence-electron chi connectivity index (χ3n) is 4.79. The molecule has 122 valence electrons. The van der Waals surface area contributed by atoms with E-state index in [2.05, 4.69) is 77.7 Å². The Morgan fingerprint density at radius 2 is 1.58 bits per heavy atom. The molecule has 0 aliphatic heterocycles. The van der Waals surface area contributed by atoms with E-state index >= 15 is 0 Å². The van der Waals surface area contributed by atoms with Gasteiger partial charge in [0.05, 0.1) is 12.2 Å². The van der Waals surface area contributed by atoms with Crippen molar-refractivity contribution in [1.29, 1.82) is 0 Å². The van der Waals surface area contributed by atoms with Crippen molar-refractivity contribution in [2.45, 2.75) is 37.0 Å². The van der Waals surface area contributed by atoms with Gasteiger partial charge >= 0.3 is 0 Å². The molecule has 0 N–H and O–H groups in total. The lowest BCUT2D eigenvalue weighted by atomic mass is 9.95. The van der Waals surface area contributed by atoms with Crippen LogP contribution in [-0.4, -0.2) is 20.2 Å². The van der Waals surface area contributed by atoms with E-state index in [1.165, 1.54) is 30.4 Å². The summed E-state index contributed by atoms with van der Waals surface area (Å²) in [6, 6.07) is 19.4. The van der Waals surface area contributed by atoms with E-state index < -0.39 is 0 Å². The maximum absolute atomic E-state index is 4.63. The zero-order chi connectivity index (χ0) is 16.4. The average Bonchev–Trinajstić information content (AvgIpc) is 3.13. The second kappa shape index (κ2) is 6.81. The van der Waals surface area contributed by atoms with Gasteiger partial charge in [0.1, 0.15) is 5.69 Å². The van der Waals surface area contributed by atoms with Crippen molar-refractivity contribution in [3.05, 3.63) is 60.8 Å². The van der Waals surface area contributed by atoms with E-state index in [1.54, 1.807) is 0 Å². The van der Waals surface area contributed by atoms with Crippen LogP contribution in [0, 0.1) is 0 Å². The smallest absolute Gasteiger partial charge is 0.113 e. The third-order valence-corrected chi connectivity index (χ3v) is 5.26. The van der Waals surface area contributed by atoms with Crippen molar-refractivity contribution in [3.63, 3.8) is 0 Å². The van der Waals surface area contributed by atoms with Crippen molar-refractivity contribution < 1.29 is 0 Å². The quantitative estimate of drug-likeness (QED) is 0.681. The Kier molecular flexibility index (Phi) is 4.39. The first-order valence-corrected chi connectivity index (χ1v) is 9.07. The zero-order valence-electron chi connectivity index (χ0n) is 13.5. The van der Waals surface area contributed by atoms with E-state index in [-0.39, 0.29) is 0 Å². The Bertz CT molecular complexity index is 795. The first-order valence-electron chi connectivity index (χ1n) is 8.55. The molecule has 24 heavy (non-hydrogen) atoms. The maximum atomic E-state index is 4.63. The first kappa shape index (κ1) is 15.5. The summed E-state index contributed by atoms with van der Waals surface area (Å²) < 4.78 is 2.03. The molecule has 1 saturated carbocycles. The van der Waals surface area contributed by atoms with E-state index in [1.807, 2.05) is 10.7 Å². The monoisotopic (exact) mass is 335 g/mol. The number of rotatable bonds is 3. The normalized spacial score (nSPS) is 20.9. The van der Waals surface area contributed by atoms with Gasteiger partial charge in [-0.25, -0.2) is 4.68 Å². The predicted octanol–water partition coefficient (Wildman–Crippen LogP) is 5.03. The van der Waals surface area contributed by atoms with Crippen LogP contribution in [0.4, 0.5) is 0 Å². The molecule has 1 aliphatic carbocycles. The fourth-order valence-electron chi connectivity index (χ4n) is 3.43. The molecule has 2 aromatic carbocycles. The number of thiol groups is 1. The highest BCUT2D eigenvalue weighted by molar-refractivity contribution is 7.80. The second-order valence-corrected chi connectivity index (χ2v) is 7.23. The minimum Gasteiger partial charge on any atom is -0.249 e. The van der Waals surface area contributed by atoms with Crippen LogP contribution in [0.1, 0.15) is 31.7 Å². The molecular formula is C20H21N3S. The third kappa shape index (κ3) is 3.24. The van der Waals surface area contributed by atoms with Crippen LogP contribution >= 0.6 is 12.6 Å². The molecule has 4 rings (SSSR count). The maximum Gasteiger partial charge on any atom is 0.113 e. The largest absolute Gasteiger partial charge is 0.249 e. The number of hydrogen-bond donors (Lipinski definition) is 1. The van der Waals surface area contributed by atoms with Gasteiger partial charge in [-0.15, -0.1) is 5.10 Å². The van der Waals surface area contributed by atoms with Gasteiger partial charge in [-0.3, -0.25) is 0 Å². The molecule has 1 aliphatic rings. The summed E-state index contributed by atoms with van der Waals surface area (Å²) >= 11 is 4.63. The van der Waals surface area contributed by atoms with Crippen LogP contribution in [0.25, 0.3) is 22.4 Å². The first-order chi connectivity index (χ1) is 11.8. The summed E-state index contributed by atoms with van der Waals surface area (Å²) in [5.41, 5.74) is 4.50. The Labute approximate surface area is 148 Å². The lowest BCUT2D eigenvalue weighted by Crippen LogP contribution is -2.19. The molecule has 1 aromatic heterocycles. The zero-order valence-corrected chi connectivity index (χ0v) is 14.4. The van der Waals surface area contributed by atoms with Crippen LogP contribution in [0.15, 0.2) is 60.8 Å². The SMILES string of the molecule is S[C@@H]1CCC[C@H](n2cc(-c3ccc(-c4ccccc4)cc3)nn2)C1. The summed E-state index contributed by atoms with van der Waals surface area (Å²) in [5.74, 6) is 0.